The number of likely N-dealkylation sites (N-methyl/N-ethyl adjacent to an activating group) is 1. The van der Waals surface area contributed by atoms with Crippen LogP contribution in [0.5, 0.6) is 5.75 Å². The van der Waals surface area contributed by atoms with Crippen molar-refractivity contribution < 1.29 is 9.84 Å². The highest BCUT2D eigenvalue weighted by atomic mass is 16.5. The Morgan fingerprint density at radius 3 is 2.41 bits per heavy atom. The van der Waals surface area contributed by atoms with E-state index in [-0.39, 0.29) is 12.0 Å². The largest absolute Gasteiger partial charge is 0.496 e. The quantitative estimate of drug-likeness (QED) is 0.873. The predicted molar refractivity (Wildman–Crippen MR) is 72.0 cm³/mol. The van der Waals surface area contributed by atoms with Gasteiger partial charge in [-0.3, -0.25) is 0 Å². The number of aliphatic hydroxyl groups is 1. The molecule has 0 amide bonds. The fourth-order valence-corrected chi connectivity index (χ4v) is 1.80. The van der Waals surface area contributed by atoms with Gasteiger partial charge in [0.05, 0.1) is 13.7 Å². The summed E-state index contributed by atoms with van der Waals surface area (Å²) < 4.78 is 5.40. The summed E-state index contributed by atoms with van der Waals surface area (Å²) >= 11 is 0. The van der Waals surface area contributed by atoms with Crippen LogP contribution in [0.1, 0.15) is 26.3 Å². The number of nitrogens with zero attached hydrogens (tertiary/aromatic N) is 1. The van der Waals surface area contributed by atoms with E-state index in [9.17, 15) is 0 Å². The Kier molecular flexibility index (Phi) is 4.40. The first-order valence-electron chi connectivity index (χ1n) is 5.90. The SMILES string of the molecule is COc1ccc(N(C)CCO)cc1C(C)(C)C. The van der Waals surface area contributed by atoms with Gasteiger partial charge in [0, 0.05) is 24.8 Å². The highest BCUT2D eigenvalue weighted by molar-refractivity contribution is 5.54. The van der Waals surface area contributed by atoms with Crippen LogP contribution in [0.2, 0.25) is 0 Å². The van der Waals surface area contributed by atoms with Gasteiger partial charge in [0.2, 0.25) is 0 Å². The number of aliphatic hydroxyl groups excluding tert-OH is 1. The summed E-state index contributed by atoms with van der Waals surface area (Å²) in [6.07, 6.45) is 0. The highest BCUT2D eigenvalue weighted by Gasteiger charge is 2.19. The van der Waals surface area contributed by atoms with Crippen molar-refractivity contribution >= 4 is 5.69 Å². The van der Waals surface area contributed by atoms with Crippen molar-refractivity contribution in [1.29, 1.82) is 0 Å². The summed E-state index contributed by atoms with van der Waals surface area (Å²) in [5, 5.41) is 8.96. The van der Waals surface area contributed by atoms with Crippen LogP contribution in [0.4, 0.5) is 5.69 Å². The van der Waals surface area contributed by atoms with Crippen LogP contribution < -0.4 is 9.64 Å². The maximum Gasteiger partial charge on any atom is 0.122 e. The standard InChI is InChI=1S/C14H23NO2/c1-14(2,3)12-10-11(15(4)8-9-16)6-7-13(12)17-5/h6-7,10,16H,8-9H2,1-5H3. The minimum Gasteiger partial charge on any atom is -0.496 e. The molecule has 0 heterocycles. The Labute approximate surface area is 104 Å². The van der Waals surface area contributed by atoms with E-state index in [2.05, 4.69) is 26.8 Å². The number of hydrogen-bond donors (Lipinski definition) is 1. The summed E-state index contributed by atoms with van der Waals surface area (Å²) in [5.74, 6) is 0.915. The zero-order chi connectivity index (χ0) is 13.1. The Hall–Kier alpha value is -1.22. The van der Waals surface area contributed by atoms with E-state index in [1.165, 1.54) is 5.56 Å². The lowest BCUT2D eigenvalue weighted by molar-refractivity contribution is 0.304. The molecule has 0 fully saturated rings. The first-order valence-corrected chi connectivity index (χ1v) is 5.90. The van der Waals surface area contributed by atoms with Crippen LogP contribution in [0.25, 0.3) is 0 Å². The van der Waals surface area contributed by atoms with Crippen LogP contribution in [-0.2, 0) is 5.41 Å². The number of methoxy groups -OCH3 is 1. The smallest absolute Gasteiger partial charge is 0.122 e. The Morgan fingerprint density at radius 2 is 1.94 bits per heavy atom. The molecule has 0 atom stereocenters. The van der Waals surface area contributed by atoms with Crippen LogP contribution in [0, 0.1) is 0 Å². The van der Waals surface area contributed by atoms with Crippen molar-refractivity contribution in [2.24, 2.45) is 0 Å². The molecule has 0 aliphatic carbocycles. The van der Waals surface area contributed by atoms with Gasteiger partial charge in [0.1, 0.15) is 5.75 Å². The van der Waals surface area contributed by atoms with E-state index in [4.69, 9.17) is 9.84 Å². The van der Waals surface area contributed by atoms with E-state index in [0.29, 0.717) is 6.54 Å². The molecule has 0 bridgehead atoms. The summed E-state index contributed by atoms with van der Waals surface area (Å²) in [6, 6.07) is 6.14. The van der Waals surface area contributed by atoms with E-state index < -0.39 is 0 Å². The second-order valence-electron chi connectivity index (χ2n) is 5.28. The third-order valence-corrected chi connectivity index (χ3v) is 2.87. The number of benzene rings is 1. The molecule has 0 aliphatic rings. The molecule has 0 spiro atoms. The van der Waals surface area contributed by atoms with Gasteiger partial charge < -0.3 is 14.7 Å². The topological polar surface area (TPSA) is 32.7 Å². The van der Waals surface area contributed by atoms with E-state index in [1.807, 2.05) is 24.1 Å². The zero-order valence-corrected chi connectivity index (χ0v) is 11.4. The monoisotopic (exact) mass is 237 g/mol. The fourth-order valence-electron chi connectivity index (χ4n) is 1.80. The summed E-state index contributed by atoms with van der Waals surface area (Å²) in [4.78, 5) is 2.04. The van der Waals surface area contributed by atoms with Gasteiger partial charge >= 0.3 is 0 Å². The molecular formula is C14H23NO2. The molecule has 1 rings (SSSR count). The van der Waals surface area contributed by atoms with E-state index in [0.717, 1.165) is 11.4 Å². The first-order chi connectivity index (χ1) is 7.90. The molecule has 3 nitrogen and oxygen atoms in total. The fraction of sp³-hybridized carbons (Fsp3) is 0.571. The number of rotatable bonds is 4. The lowest BCUT2D eigenvalue weighted by atomic mass is 9.86. The van der Waals surface area contributed by atoms with Crippen molar-refractivity contribution in [3.05, 3.63) is 23.8 Å². The Balaban J connectivity index is 3.13. The van der Waals surface area contributed by atoms with Crippen LogP contribution in [0.15, 0.2) is 18.2 Å². The summed E-state index contributed by atoms with van der Waals surface area (Å²) in [6.45, 7) is 7.30. The van der Waals surface area contributed by atoms with Crippen LogP contribution in [0.3, 0.4) is 0 Å². The average molecular weight is 237 g/mol. The first kappa shape index (κ1) is 13.8. The molecule has 0 aliphatic heterocycles. The zero-order valence-electron chi connectivity index (χ0n) is 11.4. The van der Waals surface area contributed by atoms with Crippen molar-refractivity contribution in [2.75, 3.05) is 32.2 Å². The lowest BCUT2D eigenvalue weighted by Crippen LogP contribution is -2.22. The molecule has 96 valence electrons. The second-order valence-corrected chi connectivity index (χ2v) is 5.28. The van der Waals surface area contributed by atoms with Crippen molar-refractivity contribution in [3.63, 3.8) is 0 Å². The van der Waals surface area contributed by atoms with Gasteiger partial charge in [-0.05, 0) is 23.6 Å². The van der Waals surface area contributed by atoms with Gasteiger partial charge in [0.15, 0.2) is 0 Å². The molecule has 1 N–H and O–H groups in total. The van der Waals surface area contributed by atoms with Crippen LogP contribution >= 0.6 is 0 Å². The third-order valence-electron chi connectivity index (χ3n) is 2.87. The maximum absolute atomic E-state index is 8.96. The lowest BCUT2D eigenvalue weighted by Gasteiger charge is -2.25. The molecule has 0 unspecified atom stereocenters. The van der Waals surface area contributed by atoms with Crippen molar-refractivity contribution in [2.45, 2.75) is 26.2 Å². The van der Waals surface area contributed by atoms with Crippen LogP contribution in [-0.4, -0.2) is 32.4 Å². The maximum atomic E-state index is 8.96. The number of anilines is 1. The predicted octanol–water partition coefficient (Wildman–Crippen LogP) is 2.42. The van der Waals surface area contributed by atoms with Gasteiger partial charge in [-0.2, -0.15) is 0 Å². The molecule has 0 saturated carbocycles. The normalized spacial score (nSPS) is 11.4. The molecular weight excluding hydrogens is 214 g/mol. The van der Waals surface area contributed by atoms with Crippen molar-refractivity contribution in [3.8, 4) is 5.75 Å². The molecule has 0 aromatic heterocycles. The summed E-state index contributed by atoms with van der Waals surface area (Å²) in [7, 11) is 3.67. The summed E-state index contributed by atoms with van der Waals surface area (Å²) in [5.41, 5.74) is 2.33. The van der Waals surface area contributed by atoms with Gasteiger partial charge in [-0.1, -0.05) is 20.8 Å². The molecule has 1 aromatic carbocycles. The number of ether oxygens (including phenoxy) is 1. The molecule has 1 aromatic rings. The van der Waals surface area contributed by atoms with E-state index in [1.54, 1.807) is 7.11 Å². The van der Waals surface area contributed by atoms with Gasteiger partial charge in [-0.15, -0.1) is 0 Å². The number of hydrogen-bond acceptors (Lipinski definition) is 3. The average Bonchev–Trinajstić information content (AvgIpc) is 2.27. The Morgan fingerprint density at radius 1 is 1.29 bits per heavy atom. The minimum atomic E-state index is 0.0431. The second kappa shape index (κ2) is 5.41. The van der Waals surface area contributed by atoms with E-state index >= 15 is 0 Å². The molecule has 3 heteroatoms. The molecule has 0 radical (unpaired) electrons. The minimum absolute atomic E-state index is 0.0431. The van der Waals surface area contributed by atoms with Gasteiger partial charge in [-0.25, -0.2) is 0 Å². The Bertz CT molecular complexity index is 369. The highest BCUT2D eigenvalue weighted by Crippen LogP contribution is 2.34. The molecule has 17 heavy (non-hydrogen) atoms. The van der Waals surface area contributed by atoms with Gasteiger partial charge in [0.25, 0.3) is 0 Å². The van der Waals surface area contributed by atoms with Crippen molar-refractivity contribution in [1.82, 2.24) is 0 Å². The third kappa shape index (κ3) is 3.37. The molecule has 0 saturated heterocycles.